The van der Waals surface area contributed by atoms with Crippen LogP contribution >= 0.6 is 0 Å². The summed E-state index contributed by atoms with van der Waals surface area (Å²) in [6, 6.07) is 10.6. The molecule has 0 spiro atoms. The van der Waals surface area contributed by atoms with Crippen molar-refractivity contribution in [3.05, 3.63) is 35.3 Å². The molecule has 3 heteroatoms. The van der Waals surface area contributed by atoms with Gasteiger partial charge in [-0.15, -0.1) is 5.54 Å². The molecule has 0 bridgehead atoms. The smallest absolute Gasteiger partial charge is 0.661 e. The van der Waals surface area contributed by atoms with Crippen LogP contribution in [0, 0.1) is 5.92 Å². The molecule has 1 nitrogen and oxygen atoms in total. The second-order valence-corrected chi connectivity index (χ2v) is 6.06. The quantitative estimate of drug-likeness (QED) is 0.582. The zero-order valence-electron chi connectivity index (χ0n) is 10.6. The van der Waals surface area contributed by atoms with Crippen LogP contribution in [0.3, 0.4) is 0 Å². The van der Waals surface area contributed by atoms with Crippen molar-refractivity contribution in [2.75, 3.05) is 0 Å². The second-order valence-electron chi connectivity index (χ2n) is 4.61. The average molecular weight is 213 g/mol. The van der Waals surface area contributed by atoms with Crippen molar-refractivity contribution in [3.63, 3.8) is 0 Å². The molecule has 1 aromatic carbocycles. The van der Waals surface area contributed by atoms with Crippen molar-refractivity contribution >= 4 is 14.9 Å². The zero-order chi connectivity index (χ0) is 10.6. The summed E-state index contributed by atoms with van der Waals surface area (Å²) in [5.41, 5.74) is 0.141. The van der Waals surface area contributed by atoms with Crippen molar-refractivity contribution in [1.82, 2.24) is 0 Å². The Morgan fingerprint density at radius 2 is 1.67 bits per heavy atom. The minimum absolute atomic E-state index is 0. The van der Waals surface area contributed by atoms with E-state index in [0.717, 1.165) is 0 Å². The van der Waals surface area contributed by atoms with Gasteiger partial charge in [-0.2, -0.15) is 0 Å². The van der Waals surface area contributed by atoms with Gasteiger partial charge in [0.1, 0.15) is 0 Å². The average Bonchev–Trinajstić information content (AvgIpc) is 2.16. The first-order valence-electron chi connectivity index (χ1n) is 5.25. The fraction of sp³-hybridized carbons (Fsp3) is 0.500. The maximum absolute atomic E-state index is 4.86. The van der Waals surface area contributed by atoms with Crippen LogP contribution in [-0.2, 0) is 0 Å². The number of hydrogen-bond donors (Lipinski definition) is 0. The SMILES string of the molecule is CC(C)C(C)(C)[N-][SiH2]c1ccccc1.[Li+]. The van der Waals surface area contributed by atoms with Gasteiger partial charge < -0.3 is 4.98 Å². The van der Waals surface area contributed by atoms with Crippen molar-refractivity contribution in [3.8, 4) is 0 Å². The van der Waals surface area contributed by atoms with Crippen molar-refractivity contribution in [2.45, 2.75) is 33.2 Å². The van der Waals surface area contributed by atoms with Crippen LogP contribution in [0.1, 0.15) is 27.7 Å². The van der Waals surface area contributed by atoms with Gasteiger partial charge in [0.05, 0.1) is 0 Å². The van der Waals surface area contributed by atoms with Gasteiger partial charge in [0.2, 0.25) is 0 Å². The van der Waals surface area contributed by atoms with Gasteiger partial charge >= 0.3 is 18.9 Å². The Balaban J connectivity index is 0.00000196. The van der Waals surface area contributed by atoms with E-state index in [1.807, 2.05) is 0 Å². The zero-order valence-corrected chi connectivity index (χ0v) is 12.0. The molecule has 1 rings (SSSR count). The molecular formula is C12H20LiNSi. The van der Waals surface area contributed by atoms with E-state index in [4.69, 9.17) is 4.98 Å². The van der Waals surface area contributed by atoms with Crippen molar-refractivity contribution < 1.29 is 18.9 Å². The van der Waals surface area contributed by atoms with Gasteiger partial charge in [-0.3, -0.25) is 0 Å². The third-order valence-corrected chi connectivity index (χ3v) is 4.73. The van der Waals surface area contributed by atoms with E-state index in [0.29, 0.717) is 5.92 Å². The van der Waals surface area contributed by atoms with Crippen LogP contribution in [-0.4, -0.2) is 15.2 Å². The minimum Gasteiger partial charge on any atom is -0.661 e. The normalized spacial score (nSPS) is 12.1. The molecule has 0 aliphatic rings. The van der Waals surface area contributed by atoms with Gasteiger partial charge in [0.15, 0.2) is 0 Å². The first kappa shape index (κ1) is 15.0. The Morgan fingerprint density at radius 1 is 1.13 bits per heavy atom. The largest absolute Gasteiger partial charge is 1.00 e. The minimum atomic E-state index is -0.433. The predicted molar refractivity (Wildman–Crippen MR) is 66.9 cm³/mol. The fourth-order valence-corrected chi connectivity index (χ4v) is 2.50. The monoisotopic (exact) mass is 213 g/mol. The summed E-state index contributed by atoms with van der Waals surface area (Å²) >= 11 is 0. The molecule has 0 unspecified atom stereocenters. The Kier molecular flexibility index (Phi) is 6.55. The molecule has 0 heterocycles. The number of hydrogen-bond acceptors (Lipinski definition) is 0. The van der Waals surface area contributed by atoms with Crippen LogP contribution in [0.2, 0.25) is 0 Å². The van der Waals surface area contributed by atoms with Crippen LogP contribution in [0.25, 0.3) is 4.98 Å². The Morgan fingerprint density at radius 3 is 2.13 bits per heavy atom. The summed E-state index contributed by atoms with van der Waals surface area (Å²) in [6.45, 7) is 8.94. The van der Waals surface area contributed by atoms with E-state index in [9.17, 15) is 0 Å². The van der Waals surface area contributed by atoms with Crippen LogP contribution in [0.4, 0.5) is 0 Å². The van der Waals surface area contributed by atoms with E-state index >= 15 is 0 Å². The third kappa shape index (κ3) is 5.04. The van der Waals surface area contributed by atoms with Crippen LogP contribution < -0.4 is 24.0 Å². The molecule has 0 aromatic heterocycles. The predicted octanol–water partition coefficient (Wildman–Crippen LogP) is -0.792. The number of benzene rings is 1. The molecule has 0 aliphatic carbocycles. The number of nitrogens with zero attached hydrogens (tertiary/aromatic N) is 1. The molecule has 0 saturated heterocycles. The van der Waals surface area contributed by atoms with E-state index < -0.39 is 9.68 Å². The Labute approximate surface area is 108 Å². The molecule has 0 fully saturated rings. The Hall–Kier alpha value is -0.00571. The van der Waals surface area contributed by atoms with Crippen molar-refractivity contribution in [1.29, 1.82) is 0 Å². The van der Waals surface area contributed by atoms with E-state index in [2.05, 4.69) is 58.0 Å². The Bertz CT molecular complexity index is 272. The molecule has 0 N–H and O–H groups in total. The molecule has 0 radical (unpaired) electrons. The fourth-order valence-electron chi connectivity index (χ4n) is 1.06. The van der Waals surface area contributed by atoms with Gasteiger partial charge in [-0.25, -0.2) is 0 Å². The van der Waals surface area contributed by atoms with Gasteiger partial charge in [0.25, 0.3) is 0 Å². The molecule has 15 heavy (non-hydrogen) atoms. The maximum Gasteiger partial charge on any atom is 1.00 e. The molecule has 0 amide bonds. The van der Waals surface area contributed by atoms with Crippen LogP contribution in [0.5, 0.6) is 0 Å². The van der Waals surface area contributed by atoms with Crippen molar-refractivity contribution in [2.24, 2.45) is 5.92 Å². The summed E-state index contributed by atoms with van der Waals surface area (Å²) in [5, 5.41) is 1.43. The summed E-state index contributed by atoms with van der Waals surface area (Å²) in [4.78, 5) is 4.86. The summed E-state index contributed by atoms with van der Waals surface area (Å²) in [7, 11) is -0.433. The molecular weight excluding hydrogens is 193 g/mol. The first-order valence-corrected chi connectivity index (χ1v) is 6.59. The molecule has 1 aromatic rings. The first-order chi connectivity index (χ1) is 6.52. The molecule has 0 saturated carbocycles. The third-order valence-electron chi connectivity index (χ3n) is 2.92. The standard InChI is InChI=1S/C12H20NSi.Li/c1-10(2)12(3,4)13-14-11-8-6-5-7-9-11;/h5-10H,14H2,1-4H3;/q-1;+1. The van der Waals surface area contributed by atoms with Crippen LogP contribution in [0.15, 0.2) is 30.3 Å². The summed E-state index contributed by atoms with van der Waals surface area (Å²) in [6.07, 6.45) is 0. The second kappa shape index (κ2) is 6.55. The summed E-state index contributed by atoms with van der Waals surface area (Å²) in [5.74, 6) is 0.624. The maximum atomic E-state index is 4.86. The molecule has 0 atom stereocenters. The summed E-state index contributed by atoms with van der Waals surface area (Å²) < 4.78 is 0. The van der Waals surface area contributed by atoms with Gasteiger partial charge in [-0.1, -0.05) is 78.8 Å². The van der Waals surface area contributed by atoms with E-state index in [1.54, 1.807) is 0 Å². The molecule has 78 valence electrons. The molecule has 0 aliphatic heterocycles. The van der Waals surface area contributed by atoms with E-state index in [1.165, 1.54) is 5.19 Å². The topological polar surface area (TPSA) is 14.1 Å². The van der Waals surface area contributed by atoms with Gasteiger partial charge in [-0.05, 0) is 0 Å². The number of rotatable bonds is 4. The van der Waals surface area contributed by atoms with Gasteiger partial charge in [0, 0.05) is 0 Å². The van der Waals surface area contributed by atoms with E-state index in [-0.39, 0.29) is 24.4 Å².